The van der Waals surface area contributed by atoms with E-state index in [-0.39, 0.29) is 16.9 Å². The Morgan fingerprint density at radius 3 is 2.34 bits per heavy atom. The number of nitrogens with zero attached hydrogens (tertiary/aromatic N) is 2. The Kier molecular flexibility index (Phi) is 6.64. The van der Waals surface area contributed by atoms with Crippen LogP contribution in [0.3, 0.4) is 0 Å². The molecule has 9 heteroatoms. The van der Waals surface area contributed by atoms with Gasteiger partial charge in [0.15, 0.2) is 5.03 Å². The zero-order valence-electron chi connectivity index (χ0n) is 17.9. The lowest BCUT2D eigenvalue weighted by molar-refractivity contribution is 0.0904. The van der Waals surface area contributed by atoms with Gasteiger partial charge in [-0.3, -0.25) is 4.72 Å². The third-order valence-electron chi connectivity index (χ3n) is 5.38. The highest BCUT2D eigenvalue weighted by Gasteiger charge is 2.20. The predicted molar refractivity (Wildman–Crippen MR) is 127 cm³/mol. The number of hydrogen-bond donors (Lipinski definition) is 2. The van der Waals surface area contributed by atoms with Crippen molar-refractivity contribution in [1.82, 2.24) is 9.97 Å². The van der Waals surface area contributed by atoms with E-state index < -0.39 is 10.0 Å². The molecule has 3 heterocycles. The van der Waals surface area contributed by atoms with Gasteiger partial charge in [0.2, 0.25) is 0 Å². The van der Waals surface area contributed by atoms with Gasteiger partial charge in [-0.15, -0.1) is 0 Å². The van der Waals surface area contributed by atoms with Gasteiger partial charge in [0.25, 0.3) is 10.0 Å². The minimum atomic E-state index is -3.94. The molecular weight excluding hydrogens is 448 g/mol. The second-order valence-electron chi connectivity index (χ2n) is 7.79. The number of anilines is 2. The van der Waals surface area contributed by atoms with Crippen LogP contribution in [-0.4, -0.2) is 37.6 Å². The van der Waals surface area contributed by atoms with Crippen LogP contribution in [0.1, 0.15) is 24.0 Å². The second-order valence-corrected chi connectivity index (χ2v) is 9.83. The van der Waals surface area contributed by atoms with Gasteiger partial charge in [-0.25, -0.2) is 9.97 Å². The maximum Gasteiger partial charge on any atom is 0.280 e. The van der Waals surface area contributed by atoms with Crippen molar-refractivity contribution in [3.8, 4) is 11.3 Å². The number of pyridine rings is 2. The van der Waals surface area contributed by atoms with Gasteiger partial charge in [0.05, 0.1) is 10.7 Å². The maximum atomic E-state index is 13.0. The molecule has 0 unspecified atom stereocenters. The number of rotatable bonds is 6. The molecule has 3 aromatic rings. The van der Waals surface area contributed by atoms with E-state index in [1.165, 1.54) is 6.07 Å². The molecule has 0 radical (unpaired) electrons. The molecule has 0 aliphatic carbocycles. The first kappa shape index (κ1) is 22.5. The van der Waals surface area contributed by atoms with E-state index in [0.717, 1.165) is 29.5 Å². The van der Waals surface area contributed by atoms with Crippen molar-refractivity contribution in [2.75, 3.05) is 23.3 Å². The van der Waals surface area contributed by atoms with Crippen molar-refractivity contribution in [2.24, 2.45) is 0 Å². The van der Waals surface area contributed by atoms with Gasteiger partial charge < -0.3 is 10.1 Å². The van der Waals surface area contributed by atoms with Crippen LogP contribution in [-0.2, 0) is 14.8 Å². The molecule has 168 valence electrons. The molecule has 0 bridgehead atoms. The molecule has 2 aromatic heterocycles. The summed E-state index contributed by atoms with van der Waals surface area (Å²) >= 11 is 6.41. The van der Waals surface area contributed by atoms with Crippen LogP contribution in [0.15, 0.2) is 53.6 Å². The minimum absolute atomic E-state index is 0.0834. The van der Waals surface area contributed by atoms with Crippen molar-refractivity contribution in [1.29, 1.82) is 0 Å². The molecule has 0 spiro atoms. The SMILES string of the molecule is Cc1cccc(C)c1-c1nc(NS(=O)(=O)c2cccc(NC3CCOCC3)n2)ccc1Cl. The highest BCUT2D eigenvalue weighted by molar-refractivity contribution is 7.92. The van der Waals surface area contributed by atoms with Crippen molar-refractivity contribution < 1.29 is 13.2 Å². The van der Waals surface area contributed by atoms with E-state index in [2.05, 4.69) is 20.0 Å². The lowest BCUT2D eigenvalue weighted by atomic mass is 9.99. The number of aryl methyl sites for hydroxylation is 2. The topological polar surface area (TPSA) is 93.2 Å². The summed E-state index contributed by atoms with van der Waals surface area (Å²) in [5, 5.41) is 3.66. The van der Waals surface area contributed by atoms with Gasteiger partial charge in [-0.05, 0) is 62.1 Å². The van der Waals surface area contributed by atoms with E-state index in [9.17, 15) is 8.42 Å². The molecule has 1 fully saturated rings. The summed E-state index contributed by atoms with van der Waals surface area (Å²) in [5.41, 5.74) is 3.44. The number of benzene rings is 1. The first-order chi connectivity index (χ1) is 15.3. The minimum Gasteiger partial charge on any atom is -0.381 e. The Labute approximate surface area is 193 Å². The van der Waals surface area contributed by atoms with E-state index in [1.807, 2.05) is 32.0 Å². The molecular formula is C23H25ClN4O3S. The maximum absolute atomic E-state index is 13.0. The highest BCUT2D eigenvalue weighted by atomic mass is 35.5. The summed E-state index contributed by atoms with van der Waals surface area (Å²) in [4.78, 5) is 8.82. The second kappa shape index (κ2) is 9.44. The van der Waals surface area contributed by atoms with Gasteiger partial charge >= 0.3 is 0 Å². The Bertz CT molecular complexity index is 1210. The van der Waals surface area contributed by atoms with Gasteiger partial charge in [0, 0.05) is 24.8 Å². The van der Waals surface area contributed by atoms with Crippen LogP contribution >= 0.6 is 11.6 Å². The standard InChI is InChI=1S/C23H25ClN4O3S/c1-15-5-3-6-16(2)22(15)23-18(24)9-10-20(27-23)28-32(29,30)21-8-4-7-19(26-21)25-17-11-13-31-14-12-17/h3-10,17H,11-14H2,1-2H3,(H,25,26)(H,27,28). The zero-order chi connectivity index (χ0) is 22.7. The van der Waals surface area contributed by atoms with E-state index in [1.54, 1.807) is 24.3 Å². The van der Waals surface area contributed by atoms with Crippen LogP contribution in [0.5, 0.6) is 0 Å². The average Bonchev–Trinajstić information content (AvgIpc) is 2.76. The number of ether oxygens (including phenoxy) is 1. The fourth-order valence-electron chi connectivity index (χ4n) is 3.75. The molecule has 1 aliphatic heterocycles. The van der Waals surface area contributed by atoms with Crippen LogP contribution in [0.25, 0.3) is 11.3 Å². The van der Waals surface area contributed by atoms with Crippen LogP contribution in [0.4, 0.5) is 11.6 Å². The van der Waals surface area contributed by atoms with Crippen LogP contribution < -0.4 is 10.0 Å². The smallest absolute Gasteiger partial charge is 0.280 e. The molecule has 0 atom stereocenters. The van der Waals surface area contributed by atoms with Crippen LogP contribution in [0.2, 0.25) is 5.02 Å². The summed E-state index contributed by atoms with van der Waals surface area (Å²) in [6.07, 6.45) is 1.71. The Hall–Kier alpha value is -2.68. The summed E-state index contributed by atoms with van der Waals surface area (Å²) in [6, 6.07) is 14.2. The molecule has 4 rings (SSSR count). The molecule has 2 N–H and O–H groups in total. The molecule has 32 heavy (non-hydrogen) atoms. The number of aromatic nitrogens is 2. The van der Waals surface area contributed by atoms with Crippen molar-refractivity contribution >= 4 is 33.3 Å². The monoisotopic (exact) mass is 472 g/mol. The number of sulfonamides is 1. The number of halogens is 1. The number of nitrogens with one attached hydrogen (secondary N) is 2. The van der Waals surface area contributed by atoms with Crippen LogP contribution in [0, 0.1) is 13.8 Å². The molecule has 0 amide bonds. The summed E-state index contributed by atoms with van der Waals surface area (Å²) < 4.78 is 33.9. The summed E-state index contributed by atoms with van der Waals surface area (Å²) in [5.74, 6) is 0.691. The molecule has 1 saturated heterocycles. The molecule has 0 saturated carbocycles. The Balaban J connectivity index is 1.59. The summed E-state index contributed by atoms with van der Waals surface area (Å²) in [6.45, 7) is 5.31. The van der Waals surface area contributed by atoms with Crippen molar-refractivity contribution in [3.05, 3.63) is 64.7 Å². The quantitative estimate of drug-likeness (QED) is 0.535. The average molecular weight is 473 g/mol. The van der Waals surface area contributed by atoms with Gasteiger partial charge in [-0.2, -0.15) is 8.42 Å². The van der Waals surface area contributed by atoms with Crippen molar-refractivity contribution in [2.45, 2.75) is 37.8 Å². The Morgan fingerprint density at radius 2 is 1.62 bits per heavy atom. The fraction of sp³-hybridized carbons (Fsp3) is 0.304. The lowest BCUT2D eigenvalue weighted by Gasteiger charge is -2.23. The normalized spacial score (nSPS) is 14.8. The first-order valence-corrected chi connectivity index (χ1v) is 12.3. The van der Waals surface area contributed by atoms with E-state index in [0.29, 0.717) is 29.7 Å². The Morgan fingerprint density at radius 1 is 0.938 bits per heavy atom. The third-order valence-corrected chi connectivity index (χ3v) is 6.94. The summed E-state index contributed by atoms with van der Waals surface area (Å²) in [7, 11) is -3.94. The van der Waals surface area contributed by atoms with E-state index in [4.69, 9.17) is 16.3 Å². The van der Waals surface area contributed by atoms with Gasteiger partial charge in [-0.1, -0.05) is 35.9 Å². The fourth-order valence-corrected chi connectivity index (χ4v) is 4.92. The molecule has 1 aliphatic rings. The number of hydrogen-bond acceptors (Lipinski definition) is 6. The molecule has 1 aromatic carbocycles. The molecule has 7 nitrogen and oxygen atoms in total. The highest BCUT2D eigenvalue weighted by Crippen LogP contribution is 2.32. The van der Waals surface area contributed by atoms with Gasteiger partial charge in [0.1, 0.15) is 11.6 Å². The lowest BCUT2D eigenvalue weighted by Crippen LogP contribution is -2.28. The third kappa shape index (κ3) is 5.03. The van der Waals surface area contributed by atoms with E-state index >= 15 is 0 Å². The zero-order valence-corrected chi connectivity index (χ0v) is 19.5. The largest absolute Gasteiger partial charge is 0.381 e. The van der Waals surface area contributed by atoms with Crippen molar-refractivity contribution in [3.63, 3.8) is 0 Å². The predicted octanol–water partition coefficient (Wildman–Crippen LogP) is 4.81. The first-order valence-electron chi connectivity index (χ1n) is 10.4.